The average Bonchev–Trinajstić information content (AvgIpc) is 2.48. The van der Waals surface area contributed by atoms with E-state index in [1.54, 1.807) is 7.11 Å². The molecule has 1 unspecified atom stereocenters. The van der Waals surface area contributed by atoms with Crippen LogP contribution in [0.2, 0.25) is 5.02 Å². The molecule has 0 aliphatic heterocycles. The van der Waals surface area contributed by atoms with E-state index in [0.29, 0.717) is 5.02 Å². The topological polar surface area (TPSA) is 21.3 Å². The summed E-state index contributed by atoms with van der Waals surface area (Å²) in [6.45, 7) is 0. The molecule has 0 radical (unpaired) electrons. The first-order chi connectivity index (χ1) is 10.0. The summed E-state index contributed by atoms with van der Waals surface area (Å²) in [7, 11) is 3.65. The molecule has 0 aromatic heterocycles. The van der Waals surface area contributed by atoms with Gasteiger partial charge in [0.15, 0.2) is 0 Å². The second-order valence-electron chi connectivity index (χ2n) is 4.68. The number of likely N-dealkylation sites (N-methyl/N-ethyl adjacent to an activating group) is 1. The molecule has 0 aliphatic rings. The third-order valence-corrected chi connectivity index (χ3v) is 5.07. The molecule has 0 bridgehead atoms. The minimum Gasteiger partial charge on any atom is -0.496 e. The molecule has 21 heavy (non-hydrogen) atoms. The molecule has 0 heterocycles. The van der Waals surface area contributed by atoms with Crippen molar-refractivity contribution >= 4 is 43.5 Å². The van der Waals surface area contributed by atoms with Crippen molar-refractivity contribution < 1.29 is 4.74 Å². The summed E-state index contributed by atoms with van der Waals surface area (Å²) in [5.74, 6) is 0.895. The van der Waals surface area contributed by atoms with Gasteiger partial charge >= 0.3 is 0 Å². The van der Waals surface area contributed by atoms with E-state index in [1.807, 2.05) is 37.4 Å². The molecule has 0 spiro atoms. The van der Waals surface area contributed by atoms with E-state index in [-0.39, 0.29) is 6.04 Å². The predicted molar refractivity (Wildman–Crippen MR) is 95.4 cm³/mol. The Morgan fingerprint density at radius 1 is 1.19 bits per heavy atom. The van der Waals surface area contributed by atoms with Crippen LogP contribution in [0.3, 0.4) is 0 Å². The molecule has 2 aromatic rings. The summed E-state index contributed by atoms with van der Waals surface area (Å²) in [5, 5.41) is 4.07. The number of methoxy groups -OCH3 is 1. The average molecular weight is 434 g/mol. The highest BCUT2D eigenvalue weighted by Crippen LogP contribution is 2.30. The highest BCUT2D eigenvalue weighted by atomic mass is 79.9. The van der Waals surface area contributed by atoms with Gasteiger partial charge in [-0.25, -0.2) is 0 Å². The van der Waals surface area contributed by atoms with E-state index < -0.39 is 0 Å². The van der Waals surface area contributed by atoms with E-state index in [4.69, 9.17) is 16.3 Å². The molecule has 1 atom stereocenters. The van der Waals surface area contributed by atoms with Crippen molar-refractivity contribution in [1.29, 1.82) is 0 Å². The van der Waals surface area contributed by atoms with Gasteiger partial charge in [0, 0.05) is 15.0 Å². The van der Waals surface area contributed by atoms with Crippen molar-refractivity contribution in [2.75, 3.05) is 14.2 Å². The van der Waals surface area contributed by atoms with Gasteiger partial charge in [-0.1, -0.05) is 33.6 Å². The molecule has 0 saturated carbocycles. The Kier molecular flexibility index (Phi) is 6.11. The van der Waals surface area contributed by atoms with Crippen molar-refractivity contribution in [3.8, 4) is 5.75 Å². The van der Waals surface area contributed by atoms with E-state index in [1.165, 1.54) is 5.56 Å². The largest absolute Gasteiger partial charge is 0.496 e. The van der Waals surface area contributed by atoms with Crippen LogP contribution in [-0.2, 0) is 6.42 Å². The van der Waals surface area contributed by atoms with Crippen LogP contribution < -0.4 is 10.1 Å². The fraction of sp³-hybridized carbons (Fsp3) is 0.250. The van der Waals surface area contributed by atoms with Gasteiger partial charge in [-0.15, -0.1) is 0 Å². The highest BCUT2D eigenvalue weighted by molar-refractivity contribution is 9.10. The molecular weight excluding hydrogens is 417 g/mol. The van der Waals surface area contributed by atoms with Gasteiger partial charge in [-0.05, 0) is 70.9 Å². The normalized spacial score (nSPS) is 12.2. The van der Waals surface area contributed by atoms with Crippen LogP contribution in [0.4, 0.5) is 0 Å². The number of hydrogen-bond acceptors (Lipinski definition) is 2. The monoisotopic (exact) mass is 431 g/mol. The lowest BCUT2D eigenvalue weighted by atomic mass is 9.98. The molecule has 0 aliphatic carbocycles. The first-order valence-electron chi connectivity index (χ1n) is 6.49. The number of halogens is 3. The zero-order chi connectivity index (χ0) is 15.4. The minimum atomic E-state index is 0.182. The first-order valence-corrected chi connectivity index (χ1v) is 8.46. The Labute approximate surface area is 147 Å². The number of rotatable bonds is 5. The smallest absolute Gasteiger partial charge is 0.122 e. The number of ether oxygens (including phenoxy) is 1. The molecule has 1 N–H and O–H groups in total. The van der Waals surface area contributed by atoms with Crippen molar-refractivity contribution in [2.45, 2.75) is 12.5 Å². The van der Waals surface area contributed by atoms with E-state index >= 15 is 0 Å². The summed E-state index contributed by atoms with van der Waals surface area (Å²) in [6, 6.07) is 12.2. The molecule has 112 valence electrons. The lowest BCUT2D eigenvalue weighted by Crippen LogP contribution is -2.19. The van der Waals surface area contributed by atoms with Crippen LogP contribution in [0, 0.1) is 0 Å². The Balaban J connectivity index is 2.30. The fourth-order valence-corrected chi connectivity index (χ4v) is 3.16. The standard InChI is InChI=1S/C16H16Br2ClNO/c1-20-15(10-3-5-14(19)13(18)8-10)9-11-7-12(17)4-6-16(11)21-2/h3-8,15,20H,9H2,1-2H3. The quantitative estimate of drug-likeness (QED) is 0.684. The summed E-state index contributed by atoms with van der Waals surface area (Å²) in [4.78, 5) is 0. The first kappa shape index (κ1) is 16.8. The van der Waals surface area contributed by atoms with Crippen LogP contribution in [-0.4, -0.2) is 14.2 Å². The fourth-order valence-electron chi connectivity index (χ4n) is 2.24. The zero-order valence-electron chi connectivity index (χ0n) is 11.8. The number of hydrogen-bond donors (Lipinski definition) is 1. The van der Waals surface area contributed by atoms with Crippen LogP contribution in [0.5, 0.6) is 5.75 Å². The van der Waals surface area contributed by atoms with Gasteiger partial charge in [0.1, 0.15) is 5.75 Å². The van der Waals surface area contributed by atoms with Crippen molar-refractivity contribution in [3.05, 3.63) is 61.5 Å². The third kappa shape index (κ3) is 4.22. The Morgan fingerprint density at radius 2 is 1.95 bits per heavy atom. The lowest BCUT2D eigenvalue weighted by Gasteiger charge is -2.19. The maximum absolute atomic E-state index is 6.06. The summed E-state index contributed by atoms with van der Waals surface area (Å²) >= 11 is 13.1. The van der Waals surface area contributed by atoms with E-state index in [9.17, 15) is 0 Å². The lowest BCUT2D eigenvalue weighted by molar-refractivity contribution is 0.406. The molecule has 0 saturated heterocycles. The molecule has 2 aromatic carbocycles. The van der Waals surface area contributed by atoms with E-state index in [2.05, 4.69) is 43.2 Å². The summed E-state index contributed by atoms with van der Waals surface area (Å²) in [6.07, 6.45) is 0.827. The summed E-state index contributed by atoms with van der Waals surface area (Å²) < 4.78 is 7.40. The second-order valence-corrected chi connectivity index (χ2v) is 6.85. The minimum absolute atomic E-state index is 0.182. The van der Waals surface area contributed by atoms with Gasteiger partial charge in [0.05, 0.1) is 12.1 Å². The van der Waals surface area contributed by atoms with Gasteiger partial charge in [-0.3, -0.25) is 0 Å². The Bertz CT molecular complexity index is 634. The summed E-state index contributed by atoms with van der Waals surface area (Å²) in [5.41, 5.74) is 2.33. The Hall–Kier alpha value is -0.550. The van der Waals surface area contributed by atoms with Gasteiger partial charge in [0.25, 0.3) is 0 Å². The second kappa shape index (κ2) is 7.63. The maximum Gasteiger partial charge on any atom is 0.122 e. The third-order valence-electron chi connectivity index (χ3n) is 3.36. The molecule has 0 fully saturated rings. The SMILES string of the molecule is CNC(Cc1cc(Br)ccc1OC)c1ccc(Cl)c(Br)c1. The zero-order valence-corrected chi connectivity index (χ0v) is 15.7. The van der Waals surface area contributed by atoms with Crippen molar-refractivity contribution in [2.24, 2.45) is 0 Å². The molecular formula is C16H16Br2ClNO. The van der Waals surface area contributed by atoms with Crippen LogP contribution in [0.15, 0.2) is 45.3 Å². The van der Waals surface area contributed by atoms with Gasteiger partial charge in [-0.2, -0.15) is 0 Å². The number of nitrogens with one attached hydrogen (secondary N) is 1. The van der Waals surface area contributed by atoms with E-state index in [0.717, 1.165) is 26.7 Å². The van der Waals surface area contributed by atoms with Crippen LogP contribution >= 0.6 is 43.5 Å². The van der Waals surface area contributed by atoms with Gasteiger partial charge in [0.2, 0.25) is 0 Å². The van der Waals surface area contributed by atoms with Gasteiger partial charge < -0.3 is 10.1 Å². The van der Waals surface area contributed by atoms with Crippen LogP contribution in [0.1, 0.15) is 17.2 Å². The predicted octanol–water partition coefficient (Wildman–Crippen LogP) is 5.38. The van der Waals surface area contributed by atoms with Crippen LogP contribution in [0.25, 0.3) is 0 Å². The highest BCUT2D eigenvalue weighted by Gasteiger charge is 2.14. The maximum atomic E-state index is 6.06. The van der Waals surface area contributed by atoms with Crippen molar-refractivity contribution in [3.63, 3.8) is 0 Å². The molecule has 2 rings (SSSR count). The number of benzene rings is 2. The van der Waals surface area contributed by atoms with Crippen molar-refractivity contribution in [1.82, 2.24) is 5.32 Å². The molecule has 5 heteroatoms. The Morgan fingerprint density at radius 3 is 2.57 bits per heavy atom. The molecule has 2 nitrogen and oxygen atoms in total. The molecule has 0 amide bonds.